The van der Waals surface area contributed by atoms with Crippen molar-refractivity contribution in [2.45, 2.75) is 70.6 Å². The number of H-pyrrole nitrogens is 1. The molecule has 0 unspecified atom stereocenters. The first-order chi connectivity index (χ1) is 33.3. The number of carbonyl (C=O) groups is 3. The van der Waals surface area contributed by atoms with Crippen LogP contribution in [0.5, 0.6) is 5.75 Å². The van der Waals surface area contributed by atoms with Crippen molar-refractivity contribution in [1.29, 1.82) is 0 Å². The van der Waals surface area contributed by atoms with Gasteiger partial charge in [-0.2, -0.15) is 0 Å². The number of fused-ring (bicyclic) bond motifs is 1. The molecular formula is C56H62N6O7. The van der Waals surface area contributed by atoms with Gasteiger partial charge in [0.15, 0.2) is 0 Å². The summed E-state index contributed by atoms with van der Waals surface area (Å²) in [5.74, 6) is -0.222. The fourth-order valence-electron chi connectivity index (χ4n) is 8.71. The van der Waals surface area contributed by atoms with E-state index >= 15 is 0 Å². The Hall–Kier alpha value is -7.32. The Morgan fingerprint density at radius 2 is 1.52 bits per heavy atom. The van der Waals surface area contributed by atoms with Crippen LogP contribution in [0.1, 0.15) is 61.5 Å². The van der Waals surface area contributed by atoms with Gasteiger partial charge in [-0.25, -0.2) is 4.79 Å². The minimum Gasteiger partial charge on any atom is -0.506 e. The van der Waals surface area contributed by atoms with Crippen molar-refractivity contribution in [3.05, 3.63) is 184 Å². The van der Waals surface area contributed by atoms with Crippen LogP contribution in [0.2, 0.25) is 0 Å². The number of nitrogens with zero attached hydrogens (tertiary/aromatic N) is 2. The Morgan fingerprint density at radius 1 is 0.841 bits per heavy atom. The Balaban J connectivity index is 0.804. The molecule has 1 fully saturated rings. The molecule has 13 nitrogen and oxygen atoms in total. The van der Waals surface area contributed by atoms with Crippen LogP contribution in [0.25, 0.3) is 22.0 Å². The minimum absolute atomic E-state index is 0.0572. The smallest absolute Gasteiger partial charge is 0.411 e. The predicted molar refractivity (Wildman–Crippen MR) is 273 cm³/mol. The Labute approximate surface area is 403 Å². The van der Waals surface area contributed by atoms with Gasteiger partial charge in [0.1, 0.15) is 11.9 Å². The number of hydrogen-bond donors (Lipinski definition) is 6. The number of benzene rings is 5. The molecule has 0 spiro atoms. The van der Waals surface area contributed by atoms with Crippen molar-refractivity contribution in [2.75, 3.05) is 42.9 Å². The highest BCUT2D eigenvalue weighted by Crippen LogP contribution is 2.30. The Kier molecular flexibility index (Phi) is 17.0. The second-order valence-electron chi connectivity index (χ2n) is 17.8. The van der Waals surface area contributed by atoms with Crippen molar-refractivity contribution in [3.63, 3.8) is 0 Å². The summed E-state index contributed by atoms with van der Waals surface area (Å²) in [7, 11) is 0. The number of aromatic nitrogens is 1. The molecule has 358 valence electrons. The molecule has 7 rings (SSSR count). The maximum Gasteiger partial charge on any atom is 0.411 e. The average molecular weight is 931 g/mol. The molecule has 1 saturated heterocycles. The van der Waals surface area contributed by atoms with E-state index in [1.165, 1.54) is 12.1 Å². The summed E-state index contributed by atoms with van der Waals surface area (Å²) >= 11 is 0. The quantitative estimate of drug-likeness (QED) is 0.0410. The second kappa shape index (κ2) is 23.6. The third-order valence-corrected chi connectivity index (χ3v) is 12.5. The molecule has 0 saturated carbocycles. The van der Waals surface area contributed by atoms with Gasteiger partial charge in [0.2, 0.25) is 17.4 Å². The van der Waals surface area contributed by atoms with Gasteiger partial charge in [-0.15, -0.1) is 0 Å². The van der Waals surface area contributed by atoms with Gasteiger partial charge in [-0.05, 0) is 97.7 Å². The van der Waals surface area contributed by atoms with Crippen LogP contribution in [0.15, 0.2) is 157 Å². The third kappa shape index (κ3) is 13.7. The molecule has 1 aliphatic rings. The van der Waals surface area contributed by atoms with Crippen LogP contribution in [-0.4, -0.2) is 82.9 Å². The molecule has 69 heavy (non-hydrogen) atoms. The summed E-state index contributed by atoms with van der Waals surface area (Å²) in [5.41, 5.74) is 8.39. The lowest BCUT2D eigenvalue weighted by atomic mass is 9.98. The number of phenolic OH excluding ortho intramolecular Hbond substituents is 1. The normalized spacial score (nSPS) is 13.8. The van der Waals surface area contributed by atoms with E-state index in [4.69, 9.17) is 4.74 Å². The summed E-state index contributed by atoms with van der Waals surface area (Å²) in [6, 6.07) is 39.2. The zero-order valence-electron chi connectivity index (χ0n) is 39.4. The lowest BCUT2D eigenvalue weighted by molar-refractivity contribution is -0.120. The number of ether oxygens (including phenoxy) is 1. The maximum absolute atomic E-state index is 13.5. The van der Waals surface area contributed by atoms with E-state index in [9.17, 15) is 29.4 Å². The molecule has 1 aliphatic heterocycles. The average Bonchev–Trinajstić information content (AvgIpc) is 3.34. The number of likely N-dealkylation sites (tertiary alicyclic amines) is 1. The zero-order chi connectivity index (χ0) is 48.9. The number of hydrogen-bond acceptors (Lipinski definition) is 9. The van der Waals surface area contributed by atoms with Crippen molar-refractivity contribution < 1.29 is 29.3 Å². The number of para-hydroxylation sites is 1. The third-order valence-electron chi connectivity index (χ3n) is 12.5. The lowest BCUT2D eigenvalue weighted by Crippen LogP contribution is -2.40. The highest BCUT2D eigenvalue weighted by atomic mass is 16.6. The van der Waals surface area contributed by atoms with Crippen molar-refractivity contribution in [3.8, 4) is 16.9 Å². The molecule has 13 heteroatoms. The van der Waals surface area contributed by atoms with E-state index in [2.05, 4.69) is 63.3 Å². The predicted octanol–water partition coefficient (Wildman–Crippen LogP) is 8.58. The van der Waals surface area contributed by atoms with E-state index in [0.29, 0.717) is 91.8 Å². The molecule has 1 aromatic heterocycles. The number of aromatic amines is 1. The second-order valence-corrected chi connectivity index (χ2v) is 17.8. The zero-order valence-corrected chi connectivity index (χ0v) is 39.4. The minimum atomic E-state index is -0.889. The number of aliphatic hydroxyl groups excluding tert-OH is 1. The van der Waals surface area contributed by atoms with Crippen LogP contribution in [0.4, 0.5) is 16.2 Å². The van der Waals surface area contributed by atoms with Gasteiger partial charge >= 0.3 is 6.09 Å². The van der Waals surface area contributed by atoms with Gasteiger partial charge in [0.25, 0.3) is 0 Å². The Morgan fingerprint density at radius 3 is 2.23 bits per heavy atom. The summed E-state index contributed by atoms with van der Waals surface area (Å²) in [6.07, 6.45) is 1.59. The number of rotatable bonds is 20. The SMILES string of the molecule is C=C(C)[C@@H](Cc1ccc(CCNC(=O)Cc2ccc(N(C(=C)C)C(=O)CCN3CCC(OC(=O)Nc4ccccc4-c4ccccc4)CC3)cc2)cc1)NC[C@H](O)c1ccc(O)c2[nH]c(=O)ccc12. The van der Waals surface area contributed by atoms with E-state index in [1.807, 2.05) is 85.8 Å². The molecule has 2 atom stereocenters. The monoisotopic (exact) mass is 930 g/mol. The molecule has 0 radical (unpaired) electrons. The van der Waals surface area contributed by atoms with Gasteiger partial charge in [-0.3, -0.25) is 24.6 Å². The van der Waals surface area contributed by atoms with Crippen molar-refractivity contribution in [2.24, 2.45) is 0 Å². The number of amides is 3. The van der Waals surface area contributed by atoms with Gasteiger partial charge in [0, 0.05) is 73.6 Å². The van der Waals surface area contributed by atoms with Crippen molar-refractivity contribution >= 4 is 40.2 Å². The highest BCUT2D eigenvalue weighted by Gasteiger charge is 2.25. The molecule has 6 N–H and O–H groups in total. The summed E-state index contributed by atoms with van der Waals surface area (Å²) in [6.45, 7) is 14.7. The lowest BCUT2D eigenvalue weighted by Gasteiger charge is -2.32. The molecule has 3 amide bonds. The van der Waals surface area contributed by atoms with E-state index in [0.717, 1.165) is 33.4 Å². The number of piperidine rings is 1. The van der Waals surface area contributed by atoms with Gasteiger partial charge in [0.05, 0.1) is 23.7 Å². The molecular weight excluding hydrogens is 869 g/mol. The summed E-state index contributed by atoms with van der Waals surface area (Å²) in [4.78, 5) is 57.6. The van der Waals surface area contributed by atoms with Gasteiger partial charge in [-0.1, -0.05) is 110 Å². The number of allylic oxidation sites excluding steroid dienone is 1. The standard InChI is InChI=1S/C56H62N6O7/c1-37(2)49(58-36-51(64)46-22-24-50(63)55-47(46)23-25-52(65)60-55)34-40-16-14-39(15-17-40)26-30-57-53(66)35-41-18-20-43(21-19-41)62(38(3)4)54(67)29-33-61-31-27-44(28-32-61)69-56(68)59-48-13-9-8-12-45(48)42-10-6-5-7-11-42/h5-25,44,49,51,58,63-64H,1,3,26-36H2,2,4H3,(H,57,66)(H,59,68)(H,60,65)/t49-,51+/m1/s1. The molecule has 2 heterocycles. The van der Waals surface area contributed by atoms with Crippen LogP contribution in [-0.2, 0) is 33.6 Å². The number of aliphatic hydroxyl groups is 1. The van der Waals surface area contributed by atoms with Crippen LogP contribution >= 0.6 is 0 Å². The molecule has 0 bridgehead atoms. The number of carbonyl (C=O) groups excluding carboxylic acids is 3. The van der Waals surface area contributed by atoms with E-state index < -0.39 is 12.2 Å². The first kappa shape index (κ1) is 49.6. The number of pyridine rings is 1. The number of aromatic hydroxyl groups is 1. The molecule has 6 aromatic rings. The van der Waals surface area contributed by atoms with E-state index in [1.54, 1.807) is 24.0 Å². The first-order valence-corrected chi connectivity index (χ1v) is 23.5. The summed E-state index contributed by atoms with van der Waals surface area (Å²) in [5, 5.41) is 31.2. The number of nitrogens with one attached hydrogen (secondary N) is 4. The molecule has 5 aromatic carbocycles. The van der Waals surface area contributed by atoms with Gasteiger partial charge < -0.3 is 35.5 Å². The van der Waals surface area contributed by atoms with Crippen LogP contribution < -0.4 is 26.4 Å². The maximum atomic E-state index is 13.5. The van der Waals surface area contributed by atoms with E-state index in [-0.39, 0.29) is 48.2 Å². The van der Waals surface area contributed by atoms with Crippen LogP contribution in [0.3, 0.4) is 0 Å². The highest BCUT2D eigenvalue weighted by molar-refractivity contribution is 5.96. The fourth-order valence-corrected chi connectivity index (χ4v) is 8.71. The molecule has 0 aliphatic carbocycles. The number of anilines is 2. The first-order valence-electron chi connectivity index (χ1n) is 23.5. The van der Waals surface area contributed by atoms with Crippen molar-refractivity contribution in [1.82, 2.24) is 20.5 Å². The van der Waals surface area contributed by atoms with Crippen LogP contribution in [0, 0.1) is 0 Å². The number of phenols is 1. The summed E-state index contributed by atoms with van der Waals surface area (Å²) < 4.78 is 5.80. The largest absolute Gasteiger partial charge is 0.506 e. The fraction of sp³-hybridized carbons (Fsp3) is 0.286. The Bertz CT molecular complexity index is 2800. The topological polar surface area (TPSA) is 176 Å².